The first-order valence-electron chi connectivity index (χ1n) is 6.60. The largest absolute Gasteiger partial charge is 0.399 e. The van der Waals surface area contributed by atoms with Crippen LogP contribution >= 0.6 is 0 Å². The number of benzene rings is 1. The molecule has 0 amide bonds. The van der Waals surface area contributed by atoms with E-state index in [0.717, 1.165) is 0 Å². The quantitative estimate of drug-likeness (QED) is 0.876. The van der Waals surface area contributed by atoms with Crippen molar-refractivity contribution in [3.05, 3.63) is 24.0 Å². The predicted molar refractivity (Wildman–Crippen MR) is 76.2 cm³/mol. The maximum Gasteiger partial charge on any atom is 0.185 e. The van der Waals surface area contributed by atoms with Crippen LogP contribution in [0.1, 0.15) is 27.7 Å². The molecule has 0 aliphatic rings. The van der Waals surface area contributed by atoms with Crippen molar-refractivity contribution in [2.45, 2.75) is 34.2 Å². The molecule has 0 fully saturated rings. The van der Waals surface area contributed by atoms with Crippen LogP contribution < -0.4 is 5.73 Å². The van der Waals surface area contributed by atoms with Crippen molar-refractivity contribution in [3.8, 4) is 11.4 Å². The van der Waals surface area contributed by atoms with Gasteiger partial charge in [0.25, 0.3) is 0 Å². The molecular formula is C14H20FN5. The average Bonchev–Trinajstić information content (AvgIpc) is 2.79. The zero-order valence-corrected chi connectivity index (χ0v) is 12.3. The van der Waals surface area contributed by atoms with Gasteiger partial charge in [0.2, 0.25) is 0 Å². The van der Waals surface area contributed by atoms with Gasteiger partial charge in [0.05, 0.1) is 5.56 Å². The molecule has 2 N–H and O–H groups in total. The number of hydrogen-bond donors (Lipinski definition) is 1. The molecule has 0 saturated carbocycles. The van der Waals surface area contributed by atoms with E-state index >= 15 is 0 Å². The average molecular weight is 277 g/mol. The summed E-state index contributed by atoms with van der Waals surface area (Å²) in [6, 6.07) is 4.40. The van der Waals surface area contributed by atoms with Crippen molar-refractivity contribution in [1.82, 2.24) is 20.2 Å². The number of aromatic nitrogens is 4. The molecule has 108 valence electrons. The van der Waals surface area contributed by atoms with E-state index in [1.165, 1.54) is 12.1 Å². The molecule has 2 rings (SSSR count). The van der Waals surface area contributed by atoms with E-state index in [1.54, 1.807) is 10.7 Å². The molecule has 0 saturated heterocycles. The molecular weight excluding hydrogens is 257 g/mol. The van der Waals surface area contributed by atoms with Crippen LogP contribution in [-0.4, -0.2) is 20.2 Å². The number of nitrogens with zero attached hydrogens (tertiary/aromatic N) is 4. The number of rotatable bonds is 3. The highest BCUT2D eigenvalue weighted by molar-refractivity contribution is 5.61. The summed E-state index contributed by atoms with van der Waals surface area (Å²) in [5.74, 6) is 0.374. The Kier molecular flexibility index (Phi) is 3.74. The van der Waals surface area contributed by atoms with Crippen LogP contribution in [0, 0.1) is 17.2 Å². The first-order valence-corrected chi connectivity index (χ1v) is 6.60. The second-order valence-corrected chi connectivity index (χ2v) is 6.19. The summed E-state index contributed by atoms with van der Waals surface area (Å²) in [4.78, 5) is 0. The molecule has 0 aliphatic heterocycles. The van der Waals surface area contributed by atoms with Crippen LogP contribution in [0.5, 0.6) is 0 Å². The molecule has 2 aromatic rings. The van der Waals surface area contributed by atoms with Crippen LogP contribution in [-0.2, 0) is 6.54 Å². The lowest BCUT2D eigenvalue weighted by Crippen LogP contribution is -2.23. The molecule has 1 heterocycles. The fourth-order valence-electron chi connectivity index (χ4n) is 1.77. The van der Waals surface area contributed by atoms with Crippen molar-refractivity contribution in [2.24, 2.45) is 11.3 Å². The summed E-state index contributed by atoms with van der Waals surface area (Å²) in [6.07, 6.45) is 0. The lowest BCUT2D eigenvalue weighted by atomic mass is 9.82. The van der Waals surface area contributed by atoms with E-state index in [2.05, 4.69) is 43.2 Å². The molecule has 6 heteroatoms. The van der Waals surface area contributed by atoms with E-state index in [9.17, 15) is 4.39 Å². The van der Waals surface area contributed by atoms with Gasteiger partial charge in [-0.1, -0.05) is 27.7 Å². The highest BCUT2D eigenvalue weighted by atomic mass is 19.1. The van der Waals surface area contributed by atoms with Gasteiger partial charge in [0.1, 0.15) is 5.82 Å². The van der Waals surface area contributed by atoms with Crippen molar-refractivity contribution >= 4 is 5.69 Å². The van der Waals surface area contributed by atoms with Gasteiger partial charge in [-0.3, -0.25) is 0 Å². The summed E-state index contributed by atoms with van der Waals surface area (Å²) in [7, 11) is 0. The molecule has 5 nitrogen and oxygen atoms in total. The summed E-state index contributed by atoms with van der Waals surface area (Å²) in [5.41, 5.74) is 6.65. The number of nitrogens with two attached hydrogens (primary N) is 1. The van der Waals surface area contributed by atoms with Crippen LogP contribution in [0.4, 0.5) is 10.1 Å². The van der Waals surface area contributed by atoms with Crippen LogP contribution in [0.15, 0.2) is 18.2 Å². The van der Waals surface area contributed by atoms with Gasteiger partial charge in [0.15, 0.2) is 5.82 Å². The zero-order chi connectivity index (χ0) is 14.9. The number of nitrogen functional groups attached to an aromatic ring is 1. The van der Waals surface area contributed by atoms with E-state index in [4.69, 9.17) is 5.73 Å². The van der Waals surface area contributed by atoms with Gasteiger partial charge >= 0.3 is 0 Å². The van der Waals surface area contributed by atoms with Crippen LogP contribution in [0.2, 0.25) is 0 Å². The number of halogens is 1. The Morgan fingerprint density at radius 1 is 1.35 bits per heavy atom. The summed E-state index contributed by atoms with van der Waals surface area (Å²) in [5, 5.41) is 11.6. The summed E-state index contributed by atoms with van der Waals surface area (Å²) >= 11 is 0. The Morgan fingerprint density at radius 3 is 2.70 bits per heavy atom. The SMILES string of the molecule is CC(Cn1nnnc1-c1cc(N)ccc1F)C(C)(C)C. The van der Waals surface area contributed by atoms with Gasteiger partial charge in [-0.25, -0.2) is 9.07 Å². The minimum atomic E-state index is -0.376. The molecule has 20 heavy (non-hydrogen) atoms. The number of anilines is 1. The van der Waals surface area contributed by atoms with Gasteiger partial charge in [-0.05, 0) is 40.0 Å². The van der Waals surface area contributed by atoms with Crippen molar-refractivity contribution in [1.29, 1.82) is 0 Å². The molecule has 1 aromatic heterocycles. The normalized spacial score (nSPS) is 13.4. The number of hydrogen-bond acceptors (Lipinski definition) is 4. The highest BCUT2D eigenvalue weighted by Gasteiger charge is 2.23. The van der Waals surface area contributed by atoms with Crippen molar-refractivity contribution < 1.29 is 4.39 Å². The molecule has 0 bridgehead atoms. The van der Waals surface area contributed by atoms with Crippen molar-refractivity contribution in [3.63, 3.8) is 0 Å². The van der Waals surface area contributed by atoms with E-state index < -0.39 is 0 Å². The summed E-state index contributed by atoms with van der Waals surface area (Å²) in [6.45, 7) is 9.22. The second-order valence-electron chi connectivity index (χ2n) is 6.19. The van der Waals surface area contributed by atoms with E-state index in [0.29, 0.717) is 29.5 Å². The summed E-state index contributed by atoms with van der Waals surface area (Å²) < 4.78 is 15.6. The minimum absolute atomic E-state index is 0.123. The first kappa shape index (κ1) is 14.4. The molecule has 0 aliphatic carbocycles. The molecule has 0 spiro atoms. The van der Waals surface area contributed by atoms with E-state index in [1.807, 2.05) is 0 Å². The first-order chi connectivity index (χ1) is 9.29. The predicted octanol–water partition coefficient (Wildman–Crippen LogP) is 2.74. The molecule has 1 unspecified atom stereocenters. The third-order valence-electron chi connectivity index (χ3n) is 3.69. The maximum atomic E-state index is 13.9. The molecule has 0 radical (unpaired) electrons. The fourth-order valence-corrected chi connectivity index (χ4v) is 1.77. The van der Waals surface area contributed by atoms with Gasteiger partial charge in [-0.2, -0.15) is 0 Å². The fraction of sp³-hybridized carbons (Fsp3) is 0.500. The highest BCUT2D eigenvalue weighted by Crippen LogP contribution is 2.28. The Bertz CT molecular complexity index is 600. The zero-order valence-electron chi connectivity index (χ0n) is 12.3. The smallest absolute Gasteiger partial charge is 0.185 e. The van der Waals surface area contributed by atoms with Gasteiger partial charge < -0.3 is 5.73 Å². The van der Waals surface area contributed by atoms with Gasteiger partial charge in [0, 0.05) is 12.2 Å². The second kappa shape index (κ2) is 5.19. The molecule has 1 aromatic carbocycles. The number of tetrazole rings is 1. The Morgan fingerprint density at radius 2 is 2.05 bits per heavy atom. The van der Waals surface area contributed by atoms with E-state index in [-0.39, 0.29) is 11.2 Å². The Hall–Kier alpha value is -1.98. The van der Waals surface area contributed by atoms with Crippen LogP contribution in [0.3, 0.4) is 0 Å². The molecule has 1 atom stereocenters. The third-order valence-corrected chi connectivity index (χ3v) is 3.69. The monoisotopic (exact) mass is 277 g/mol. The maximum absolute atomic E-state index is 13.9. The topological polar surface area (TPSA) is 69.6 Å². The Balaban J connectivity index is 2.36. The lowest BCUT2D eigenvalue weighted by Gasteiger charge is -2.27. The lowest BCUT2D eigenvalue weighted by molar-refractivity contribution is 0.225. The van der Waals surface area contributed by atoms with Crippen molar-refractivity contribution in [2.75, 3.05) is 5.73 Å². The standard InChI is InChI=1S/C14H20FN5/c1-9(14(2,3)4)8-20-13(17-18-19-20)11-7-10(16)5-6-12(11)15/h5-7,9H,8,16H2,1-4H3. The third kappa shape index (κ3) is 2.95. The van der Waals surface area contributed by atoms with Gasteiger partial charge in [-0.15, -0.1) is 5.10 Å². The Labute approximate surface area is 118 Å². The van der Waals surface area contributed by atoms with Crippen LogP contribution in [0.25, 0.3) is 11.4 Å². The minimum Gasteiger partial charge on any atom is -0.399 e.